The maximum Gasteiger partial charge on any atom is 0.191 e. The van der Waals surface area contributed by atoms with Gasteiger partial charge < -0.3 is 20.2 Å². The van der Waals surface area contributed by atoms with Gasteiger partial charge in [0.1, 0.15) is 5.76 Å². The Kier molecular flexibility index (Phi) is 9.87. The van der Waals surface area contributed by atoms with E-state index >= 15 is 0 Å². The third kappa shape index (κ3) is 9.23. The minimum atomic E-state index is 0.285. The highest BCUT2D eigenvalue weighted by atomic mass is 16.3. The van der Waals surface area contributed by atoms with E-state index in [1.165, 1.54) is 0 Å². The number of furan rings is 1. The van der Waals surface area contributed by atoms with Gasteiger partial charge in [-0.1, -0.05) is 25.0 Å². The fraction of sp³-hybridized carbons (Fsp3) is 0.588. The quantitative estimate of drug-likeness (QED) is 0.254. The molecule has 1 heterocycles. The van der Waals surface area contributed by atoms with E-state index in [0.717, 1.165) is 62.5 Å². The van der Waals surface area contributed by atoms with Crippen LogP contribution in [-0.4, -0.2) is 37.3 Å². The topological polar surface area (TPSA) is 69.8 Å². The number of aliphatic hydroxyl groups is 1. The zero-order valence-electron chi connectivity index (χ0n) is 13.6. The van der Waals surface area contributed by atoms with Gasteiger partial charge in [0.05, 0.1) is 12.8 Å². The fourth-order valence-corrected chi connectivity index (χ4v) is 1.94. The molecule has 1 aromatic heterocycles. The normalized spacial score (nSPS) is 11.5. The predicted molar refractivity (Wildman–Crippen MR) is 91.1 cm³/mol. The molecule has 0 aromatic carbocycles. The van der Waals surface area contributed by atoms with Gasteiger partial charge in [-0.2, -0.15) is 0 Å². The van der Waals surface area contributed by atoms with Crippen molar-refractivity contribution < 1.29 is 9.52 Å². The summed E-state index contributed by atoms with van der Waals surface area (Å²) in [5, 5.41) is 15.4. The molecule has 5 nitrogen and oxygen atoms in total. The zero-order chi connectivity index (χ0) is 16.0. The number of hydrogen-bond acceptors (Lipinski definition) is 3. The van der Waals surface area contributed by atoms with Crippen molar-refractivity contribution >= 4 is 5.96 Å². The van der Waals surface area contributed by atoms with E-state index < -0.39 is 0 Å². The van der Waals surface area contributed by atoms with Gasteiger partial charge >= 0.3 is 0 Å². The van der Waals surface area contributed by atoms with Crippen LogP contribution in [0.15, 0.2) is 40.0 Å². The van der Waals surface area contributed by atoms with E-state index in [4.69, 9.17) is 9.52 Å². The van der Waals surface area contributed by atoms with Gasteiger partial charge in [0, 0.05) is 26.1 Å². The summed E-state index contributed by atoms with van der Waals surface area (Å²) in [5.41, 5.74) is 1.04. The first-order valence-electron chi connectivity index (χ1n) is 8.02. The molecule has 0 aliphatic rings. The van der Waals surface area contributed by atoms with Gasteiger partial charge in [0.2, 0.25) is 0 Å². The molecule has 22 heavy (non-hydrogen) atoms. The van der Waals surface area contributed by atoms with Crippen molar-refractivity contribution in [3.05, 3.63) is 36.3 Å². The monoisotopic (exact) mass is 307 g/mol. The van der Waals surface area contributed by atoms with Gasteiger partial charge in [0.25, 0.3) is 0 Å². The van der Waals surface area contributed by atoms with E-state index in [0.29, 0.717) is 6.54 Å². The highest BCUT2D eigenvalue weighted by Gasteiger charge is 2.00. The summed E-state index contributed by atoms with van der Waals surface area (Å²) in [7, 11) is 0. The molecule has 0 atom stereocenters. The number of aliphatic hydroxyl groups excluding tert-OH is 1. The van der Waals surface area contributed by atoms with E-state index in [9.17, 15) is 0 Å². The molecule has 1 rings (SSSR count). The molecule has 0 aliphatic carbocycles. The molecule has 5 heteroatoms. The number of hydrogen-bond donors (Lipinski definition) is 3. The molecular weight excluding hydrogens is 278 g/mol. The van der Waals surface area contributed by atoms with Crippen molar-refractivity contribution in [2.75, 3.05) is 26.2 Å². The van der Waals surface area contributed by atoms with E-state index in [2.05, 4.69) is 22.2 Å². The highest BCUT2D eigenvalue weighted by molar-refractivity contribution is 5.79. The maximum absolute atomic E-state index is 8.75. The van der Waals surface area contributed by atoms with Crippen LogP contribution in [0, 0.1) is 0 Å². The minimum absolute atomic E-state index is 0.285. The fourth-order valence-electron chi connectivity index (χ4n) is 1.94. The molecule has 0 spiro atoms. The smallest absolute Gasteiger partial charge is 0.191 e. The molecule has 0 amide bonds. The summed E-state index contributed by atoms with van der Waals surface area (Å²) in [6.45, 7) is 8.42. The molecule has 0 unspecified atom stereocenters. The van der Waals surface area contributed by atoms with Gasteiger partial charge in [0.15, 0.2) is 5.96 Å². The lowest BCUT2D eigenvalue weighted by molar-refractivity contribution is 0.282. The summed E-state index contributed by atoms with van der Waals surface area (Å²) < 4.78 is 5.31. The number of nitrogens with one attached hydrogen (secondary N) is 2. The van der Waals surface area contributed by atoms with Crippen molar-refractivity contribution in [1.29, 1.82) is 0 Å². The first-order chi connectivity index (χ1) is 10.7. The van der Waals surface area contributed by atoms with Crippen LogP contribution in [0.2, 0.25) is 0 Å². The second kappa shape index (κ2) is 11.9. The molecule has 0 radical (unpaired) electrons. The van der Waals surface area contributed by atoms with Crippen LogP contribution < -0.4 is 10.6 Å². The SMILES string of the molecule is C=C(C)CN=C(NCCCCCCO)NCCc1ccco1. The molecule has 0 aliphatic heterocycles. The largest absolute Gasteiger partial charge is 0.469 e. The Morgan fingerprint density at radius 2 is 2.00 bits per heavy atom. The summed E-state index contributed by atoms with van der Waals surface area (Å²) in [6.07, 6.45) is 6.67. The van der Waals surface area contributed by atoms with E-state index in [1.807, 2.05) is 19.1 Å². The Labute approximate surface area is 133 Å². The lowest BCUT2D eigenvalue weighted by Crippen LogP contribution is -2.39. The zero-order valence-corrected chi connectivity index (χ0v) is 13.6. The summed E-state index contributed by atoms with van der Waals surface area (Å²) >= 11 is 0. The Bertz CT molecular complexity index is 427. The van der Waals surface area contributed by atoms with Crippen LogP contribution in [0.1, 0.15) is 38.4 Å². The lowest BCUT2D eigenvalue weighted by Gasteiger charge is -2.12. The molecule has 1 aromatic rings. The molecule has 0 bridgehead atoms. The van der Waals surface area contributed by atoms with Crippen LogP contribution in [0.4, 0.5) is 0 Å². The van der Waals surface area contributed by atoms with Crippen LogP contribution in [0.3, 0.4) is 0 Å². The predicted octanol–water partition coefficient (Wildman–Crippen LogP) is 2.49. The Morgan fingerprint density at radius 3 is 2.68 bits per heavy atom. The second-order valence-electron chi connectivity index (χ2n) is 5.44. The Morgan fingerprint density at radius 1 is 1.23 bits per heavy atom. The van der Waals surface area contributed by atoms with Crippen molar-refractivity contribution in [2.45, 2.75) is 39.0 Å². The number of rotatable bonds is 11. The molecule has 0 saturated heterocycles. The molecule has 124 valence electrons. The summed E-state index contributed by atoms with van der Waals surface area (Å²) in [4.78, 5) is 4.50. The number of guanidine groups is 1. The number of nitrogens with zero attached hydrogens (tertiary/aromatic N) is 1. The Hall–Kier alpha value is -1.75. The van der Waals surface area contributed by atoms with Gasteiger partial charge in [-0.25, -0.2) is 4.99 Å². The molecular formula is C17H29N3O2. The van der Waals surface area contributed by atoms with Crippen molar-refractivity contribution in [2.24, 2.45) is 4.99 Å². The average Bonchev–Trinajstić information content (AvgIpc) is 3.00. The molecule has 3 N–H and O–H groups in total. The maximum atomic E-state index is 8.75. The van der Waals surface area contributed by atoms with Crippen LogP contribution >= 0.6 is 0 Å². The number of aliphatic imine (C=N–C) groups is 1. The lowest BCUT2D eigenvalue weighted by atomic mass is 10.2. The summed E-state index contributed by atoms with van der Waals surface area (Å²) in [6, 6.07) is 3.87. The van der Waals surface area contributed by atoms with Crippen LogP contribution in [0.25, 0.3) is 0 Å². The summed E-state index contributed by atoms with van der Waals surface area (Å²) in [5.74, 6) is 1.78. The Balaban J connectivity index is 2.26. The van der Waals surface area contributed by atoms with Gasteiger partial charge in [-0.3, -0.25) is 0 Å². The highest BCUT2D eigenvalue weighted by Crippen LogP contribution is 2.00. The van der Waals surface area contributed by atoms with Crippen LogP contribution in [0.5, 0.6) is 0 Å². The van der Waals surface area contributed by atoms with Gasteiger partial charge in [-0.05, 0) is 31.9 Å². The second-order valence-corrected chi connectivity index (χ2v) is 5.44. The van der Waals surface area contributed by atoms with E-state index in [1.54, 1.807) is 6.26 Å². The molecule has 0 fully saturated rings. The molecule has 0 saturated carbocycles. The standard InChI is InChI=1S/C17H29N3O2/c1-15(2)14-20-17(18-10-5-3-4-6-12-21)19-11-9-16-8-7-13-22-16/h7-8,13,21H,1,3-6,9-12,14H2,2H3,(H2,18,19,20). The van der Waals surface area contributed by atoms with Crippen molar-refractivity contribution in [3.8, 4) is 0 Å². The van der Waals surface area contributed by atoms with Crippen molar-refractivity contribution in [1.82, 2.24) is 10.6 Å². The third-order valence-electron chi connectivity index (χ3n) is 3.13. The van der Waals surface area contributed by atoms with E-state index in [-0.39, 0.29) is 6.61 Å². The van der Waals surface area contributed by atoms with Gasteiger partial charge in [-0.15, -0.1) is 0 Å². The first kappa shape index (κ1) is 18.3. The average molecular weight is 307 g/mol. The first-order valence-corrected chi connectivity index (χ1v) is 8.02. The third-order valence-corrected chi connectivity index (χ3v) is 3.13. The minimum Gasteiger partial charge on any atom is -0.469 e. The van der Waals surface area contributed by atoms with Crippen LogP contribution in [-0.2, 0) is 6.42 Å². The number of unbranched alkanes of at least 4 members (excludes halogenated alkanes) is 3. The van der Waals surface area contributed by atoms with Crippen molar-refractivity contribution in [3.63, 3.8) is 0 Å².